The van der Waals surface area contributed by atoms with Gasteiger partial charge < -0.3 is 4.74 Å². The molecule has 7 nitrogen and oxygen atoms in total. The van der Waals surface area contributed by atoms with E-state index in [1.54, 1.807) is 0 Å². The van der Waals surface area contributed by atoms with Crippen LogP contribution in [-0.4, -0.2) is 22.5 Å². The van der Waals surface area contributed by atoms with Gasteiger partial charge in [-0.05, 0) is 13.0 Å². The van der Waals surface area contributed by atoms with Crippen LogP contribution < -0.4 is 0 Å². The number of hydrogen-bond acceptors (Lipinski definition) is 6. The Morgan fingerprint density at radius 2 is 2.24 bits per heavy atom. The number of ether oxygens (including phenoxy) is 1. The van der Waals surface area contributed by atoms with Gasteiger partial charge in [-0.1, -0.05) is 0 Å². The highest BCUT2D eigenvalue weighted by Gasteiger charge is 2.37. The number of nitro groups is 1. The highest BCUT2D eigenvalue weighted by molar-refractivity contribution is 5.82. The molecule has 21 heavy (non-hydrogen) atoms. The monoisotopic (exact) mass is 303 g/mol. The number of hydrogen-bond donors (Lipinski definition) is 0. The number of alkyl halides is 3. The average molecular weight is 303 g/mol. The Labute approximate surface area is 116 Å². The Balaban J connectivity index is 3.45. The molecular weight excluding hydrogens is 295 g/mol. The van der Waals surface area contributed by atoms with Crippen LogP contribution in [0.5, 0.6) is 0 Å². The second-order valence-electron chi connectivity index (χ2n) is 3.70. The lowest BCUT2D eigenvalue weighted by Crippen LogP contribution is -2.18. The van der Waals surface area contributed by atoms with Crippen LogP contribution >= 0.6 is 0 Å². The number of nitrogens with zero attached hydrogens (tertiary/aromatic N) is 3. The van der Waals surface area contributed by atoms with Gasteiger partial charge in [0, 0.05) is 0 Å². The van der Waals surface area contributed by atoms with Crippen molar-refractivity contribution in [3.63, 3.8) is 0 Å². The maximum atomic E-state index is 12.6. The van der Waals surface area contributed by atoms with E-state index in [4.69, 9.17) is 5.26 Å². The molecule has 0 bridgehead atoms. The normalized spacial score (nSPS) is 12.3. The van der Waals surface area contributed by atoms with E-state index in [0.717, 1.165) is 0 Å². The summed E-state index contributed by atoms with van der Waals surface area (Å²) in [5.74, 6) is -3.00. The lowest BCUT2D eigenvalue weighted by Gasteiger charge is -2.11. The molecule has 0 spiro atoms. The molecule has 0 saturated carbocycles. The van der Waals surface area contributed by atoms with Gasteiger partial charge in [-0.25, -0.2) is 4.98 Å². The van der Waals surface area contributed by atoms with Crippen molar-refractivity contribution < 1.29 is 27.6 Å². The van der Waals surface area contributed by atoms with E-state index < -0.39 is 39.9 Å². The third kappa shape index (κ3) is 3.65. The zero-order valence-electron chi connectivity index (χ0n) is 10.5. The predicted octanol–water partition coefficient (Wildman–Crippen LogP) is 2.18. The smallest absolute Gasteiger partial charge is 0.433 e. The second-order valence-corrected chi connectivity index (χ2v) is 3.70. The fourth-order valence-corrected chi connectivity index (χ4v) is 1.48. The van der Waals surface area contributed by atoms with Crippen molar-refractivity contribution in [2.24, 2.45) is 0 Å². The second kappa shape index (κ2) is 6.17. The molecule has 0 aliphatic rings. The SMILES string of the molecule is CCOC(=O)C(C#N)c1cc(C(F)(F)F)ncc1[N+](=O)[O-]. The van der Waals surface area contributed by atoms with Crippen molar-refractivity contribution >= 4 is 11.7 Å². The molecule has 1 aromatic heterocycles. The number of rotatable bonds is 4. The van der Waals surface area contributed by atoms with Crippen molar-refractivity contribution in [2.75, 3.05) is 6.61 Å². The molecule has 0 aliphatic carbocycles. The first-order valence-corrected chi connectivity index (χ1v) is 5.50. The van der Waals surface area contributed by atoms with Gasteiger partial charge in [-0.2, -0.15) is 18.4 Å². The Morgan fingerprint density at radius 3 is 2.67 bits per heavy atom. The van der Waals surface area contributed by atoms with Crippen LogP contribution in [0.25, 0.3) is 0 Å². The molecule has 1 unspecified atom stereocenters. The van der Waals surface area contributed by atoms with E-state index in [1.165, 1.54) is 13.0 Å². The van der Waals surface area contributed by atoms with E-state index in [-0.39, 0.29) is 6.61 Å². The summed E-state index contributed by atoms with van der Waals surface area (Å²) in [6.07, 6.45) is -4.50. The zero-order chi connectivity index (χ0) is 16.2. The Hall–Kier alpha value is -2.70. The maximum Gasteiger partial charge on any atom is 0.433 e. The van der Waals surface area contributed by atoms with Crippen LogP contribution in [0.3, 0.4) is 0 Å². The van der Waals surface area contributed by atoms with Crippen molar-refractivity contribution in [1.82, 2.24) is 4.98 Å². The van der Waals surface area contributed by atoms with Gasteiger partial charge in [0.1, 0.15) is 11.9 Å². The first kappa shape index (κ1) is 16.4. The fourth-order valence-electron chi connectivity index (χ4n) is 1.48. The van der Waals surface area contributed by atoms with Crippen molar-refractivity contribution in [2.45, 2.75) is 19.0 Å². The summed E-state index contributed by atoms with van der Waals surface area (Å²) >= 11 is 0. The Morgan fingerprint density at radius 1 is 1.62 bits per heavy atom. The first-order chi connectivity index (χ1) is 9.72. The molecule has 0 N–H and O–H groups in total. The van der Waals surface area contributed by atoms with Gasteiger partial charge in [0.05, 0.1) is 23.2 Å². The summed E-state index contributed by atoms with van der Waals surface area (Å²) in [7, 11) is 0. The van der Waals surface area contributed by atoms with Crippen LogP contribution in [0.1, 0.15) is 24.1 Å². The van der Waals surface area contributed by atoms with Crippen LogP contribution in [0.4, 0.5) is 18.9 Å². The molecule has 1 atom stereocenters. The standard InChI is InChI=1S/C11H8F3N3O4/c1-2-21-10(18)7(4-15)6-3-9(11(12,13)14)16-5-8(6)17(19)20/h3,5,7H,2H2,1H3. The molecule has 0 aliphatic heterocycles. The zero-order valence-corrected chi connectivity index (χ0v) is 10.5. The lowest BCUT2D eigenvalue weighted by molar-refractivity contribution is -0.386. The lowest BCUT2D eigenvalue weighted by atomic mass is 9.99. The first-order valence-electron chi connectivity index (χ1n) is 5.50. The number of pyridine rings is 1. The number of nitriles is 1. The number of aromatic nitrogens is 1. The fraction of sp³-hybridized carbons (Fsp3) is 0.364. The van der Waals surface area contributed by atoms with E-state index in [1.807, 2.05) is 0 Å². The minimum atomic E-state index is -4.86. The molecule has 0 radical (unpaired) electrons. The molecule has 0 aromatic carbocycles. The highest BCUT2D eigenvalue weighted by atomic mass is 19.4. The third-order valence-electron chi connectivity index (χ3n) is 2.36. The molecule has 112 valence electrons. The van der Waals surface area contributed by atoms with Gasteiger partial charge in [-0.15, -0.1) is 0 Å². The summed E-state index contributed by atoms with van der Waals surface area (Å²) in [6, 6.07) is 1.71. The number of carbonyl (C=O) groups excluding carboxylic acids is 1. The summed E-state index contributed by atoms with van der Waals surface area (Å²) in [4.78, 5) is 24.3. The van der Waals surface area contributed by atoms with Crippen LogP contribution in [0.2, 0.25) is 0 Å². The van der Waals surface area contributed by atoms with E-state index in [0.29, 0.717) is 12.3 Å². The van der Waals surface area contributed by atoms with Crippen molar-refractivity contribution in [3.05, 3.63) is 33.6 Å². The minimum absolute atomic E-state index is 0.123. The van der Waals surface area contributed by atoms with Gasteiger partial charge in [0.25, 0.3) is 5.69 Å². The molecule has 0 amide bonds. The summed E-state index contributed by atoms with van der Waals surface area (Å²) in [6.45, 7) is 1.30. The Kier molecular flexibility index (Phi) is 4.80. The molecule has 10 heteroatoms. The summed E-state index contributed by atoms with van der Waals surface area (Å²) in [5.41, 5.74) is -3.00. The van der Waals surface area contributed by atoms with E-state index in [9.17, 15) is 28.1 Å². The summed E-state index contributed by atoms with van der Waals surface area (Å²) in [5, 5.41) is 19.7. The number of esters is 1. The molecule has 1 aromatic rings. The minimum Gasteiger partial charge on any atom is -0.465 e. The quantitative estimate of drug-likeness (QED) is 0.479. The van der Waals surface area contributed by atoms with Crippen LogP contribution in [0.15, 0.2) is 12.3 Å². The number of carbonyl (C=O) groups is 1. The summed E-state index contributed by atoms with van der Waals surface area (Å²) < 4.78 is 42.3. The maximum absolute atomic E-state index is 12.6. The van der Waals surface area contributed by atoms with Gasteiger partial charge >= 0.3 is 12.1 Å². The third-order valence-corrected chi connectivity index (χ3v) is 2.36. The Bertz CT molecular complexity index is 610. The topological polar surface area (TPSA) is 106 Å². The molecule has 0 saturated heterocycles. The van der Waals surface area contributed by atoms with Gasteiger partial charge in [0.15, 0.2) is 5.92 Å². The average Bonchev–Trinajstić information content (AvgIpc) is 2.38. The van der Waals surface area contributed by atoms with E-state index in [2.05, 4.69) is 9.72 Å². The molecular formula is C11H8F3N3O4. The molecule has 1 heterocycles. The molecule has 0 fully saturated rings. The van der Waals surface area contributed by atoms with Crippen molar-refractivity contribution in [1.29, 1.82) is 5.26 Å². The van der Waals surface area contributed by atoms with Crippen LogP contribution in [-0.2, 0) is 15.7 Å². The van der Waals surface area contributed by atoms with Crippen molar-refractivity contribution in [3.8, 4) is 6.07 Å². The van der Waals surface area contributed by atoms with E-state index >= 15 is 0 Å². The largest absolute Gasteiger partial charge is 0.465 e. The van der Waals surface area contributed by atoms with Gasteiger partial charge in [-0.3, -0.25) is 14.9 Å². The van der Waals surface area contributed by atoms with Crippen LogP contribution in [0, 0.1) is 21.4 Å². The molecule has 1 rings (SSSR count). The highest BCUT2D eigenvalue weighted by Crippen LogP contribution is 2.33. The number of halogens is 3. The van der Waals surface area contributed by atoms with Gasteiger partial charge in [0.2, 0.25) is 0 Å². The predicted molar refractivity (Wildman–Crippen MR) is 60.9 cm³/mol.